The van der Waals surface area contributed by atoms with Gasteiger partial charge in [-0.3, -0.25) is 4.90 Å². The van der Waals surface area contributed by atoms with Gasteiger partial charge >= 0.3 is 0 Å². The summed E-state index contributed by atoms with van der Waals surface area (Å²) in [4.78, 5) is 2.09. The molecule has 30 heavy (non-hydrogen) atoms. The van der Waals surface area contributed by atoms with Crippen LogP contribution in [0.1, 0.15) is 28.4 Å². The SMILES string of the molecule is COc1cccc(CN(C)C[C@H](O)CO[C@H](c2ccccc2)c2ccc(C)cc2)c1. The number of aliphatic hydroxyl groups excluding tert-OH is 1. The lowest BCUT2D eigenvalue weighted by molar-refractivity contribution is -0.00626. The van der Waals surface area contributed by atoms with E-state index >= 15 is 0 Å². The zero-order valence-corrected chi connectivity index (χ0v) is 18.0. The third-order valence-corrected chi connectivity index (χ3v) is 5.05. The zero-order chi connectivity index (χ0) is 21.3. The summed E-state index contributed by atoms with van der Waals surface area (Å²) >= 11 is 0. The van der Waals surface area contributed by atoms with Gasteiger partial charge < -0.3 is 14.6 Å². The Morgan fingerprint density at radius 3 is 2.30 bits per heavy atom. The number of methoxy groups -OCH3 is 1. The Morgan fingerprint density at radius 1 is 0.900 bits per heavy atom. The van der Waals surface area contributed by atoms with Gasteiger partial charge in [-0.15, -0.1) is 0 Å². The molecular formula is C26H31NO3. The summed E-state index contributed by atoms with van der Waals surface area (Å²) in [7, 11) is 3.67. The van der Waals surface area contributed by atoms with Crippen LogP contribution in [0.2, 0.25) is 0 Å². The van der Waals surface area contributed by atoms with Crippen molar-refractivity contribution in [1.82, 2.24) is 4.90 Å². The van der Waals surface area contributed by atoms with Crippen LogP contribution in [0.3, 0.4) is 0 Å². The first kappa shape index (κ1) is 22.0. The largest absolute Gasteiger partial charge is 0.497 e. The minimum atomic E-state index is -0.586. The summed E-state index contributed by atoms with van der Waals surface area (Å²) in [6.45, 7) is 3.58. The van der Waals surface area contributed by atoms with Crippen molar-refractivity contribution < 1.29 is 14.6 Å². The van der Waals surface area contributed by atoms with E-state index in [1.807, 2.05) is 43.4 Å². The minimum absolute atomic E-state index is 0.204. The van der Waals surface area contributed by atoms with Crippen molar-refractivity contribution >= 4 is 0 Å². The Bertz CT molecular complexity index is 896. The van der Waals surface area contributed by atoms with Crippen LogP contribution in [0, 0.1) is 6.92 Å². The number of benzene rings is 3. The molecule has 0 saturated heterocycles. The van der Waals surface area contributed by atoms with E-state index in [2.05, 4.69) is 54.3 Å². The van der Waals surface area contributed by atoms with E-state index in [9.17, 15) is 5.11 Å². The summed E-state index contributed by atoms with van der Waals surface area (Å²) in [5.41, 5.74) is 4.53. The molecule has 0 aromatic heterocycles. The molecule has 0 radical (unpaired) electrons. The van der Waals surface area contributed by atoms with Crippen LogP contribution < -0.4 is 4.74 Å². The molecule has 0 aliphatic heterocycles. The fourth-order valence-electron chi connectivity index (χ4n) is 3.52. The molecule has 4 nitrogen and oxygen atoms in total. The lowest BCUT2D eigenvalue weighted by Crippen LogP contribution is -2.32. The molecule has 1 N–H and O–H groups in total. The monoisotopic (exact) mass is 405 g/mol. The summed E-state index contributed by atoms with van der Waals surface area (Å²) in [6, 6.07) is 26.5. The van der Waals surface area contributed by atoms with Gasteiger partial charge in [-0.1, -0.05) is 72.3 Å². The maximum absolute atomic E-state index is 10.6. The highest BCUT2D eigenvalue weighted by molar-refractivity contribution is 5.32. The lowest BCUT2D eigenvalue weighted by Gasteiger charge is -2.24. The first-order valence-corrected chi connectivity index (χ1v) is 10.3. The normalized spacial score (nSPS) is 13.2. The second-order valence-corrected chi connectivity index (χ2v) is 7.74. The number of aliphatic hydroxyl groups is 1. The van der Waals surface area contributed by atoms with Crippen molar-refractivity contribution in [3.8, 4) is 5.75 Å². The molecule has 3 aromatic rings. The molecule has 0 spiro atoms. The first-order chi connectivity index (χ1) is 14.5. The van der Waals surface area contributed by atoms with Crippen molar-refractivity contribution in [2.45, 2.75) is 25.7 Å². The topological polar surface area (TPSA) is 41.9 Å². The number of aryl methyl sites for hydroxylation is 1. The molecule has 158 valence electrons. The number of hydrogen-bond donors (Lipinski definition) is 1. The van der Waals surface area contributed by atoms with Crippen molar-refractivity contribution in [3.05, 3.63) is 101 Å². The molecule has 4 heteroatoms. The van der Waals surface area contributed by atoms with Gasteiger partial charge in [0.1, 0.15) is 11.9 Å². The first-order valence-electron chi connectivity index (χ1n) is 10.3. The van der Waals surface area contributed by atoms with E-state index in [4.69, 9.17) is 9.47 Å². The van der Waals surface area contributed by atoms with E-state index in [1.54, 1.807) is 7.11 Å². The third-order valence-electron chi connectivity index (χ3n) is 5.05. The second-order valence-electron chi connectivity index (χ2n) is 7.74. The molecule has 3 aromatic carbocycles. The summed E-state index contributed by atoms with van der Waals surface area (Å²) in [5.74, 6) is 0.841. The van der Waals surface area contributed by atoms with Crippen LogP contribution in [-0.4, -0.2) is 43.4 Å². The molecule has 0 aliphatic carbocycles. The van der Waals surface area contributed by atoms with Gasteiger partial charge in [-0.2, -0.15) is 0 Å². The maximum atomic E-state index is 10.6. The number of ether oxygens (including phenoxy) is 2. The summed E-state index contributed by atoms with van der Waals surface area (Å²) in [6.07, 6.45) is -0.789. The summed E-state index contributed by atoms with van der Waals surface area (Å²) in [5, 5.41) is 10.6. The number of nitrogens with zero attached hydrogens (tertiary/aromatic N) is 1. The van der Waals surface area contributed by atoms with Gasteiger partial charge in [0.05, 0.1) is 19.8 Å². The molecule has 0 unspecified atom stereocenters. The highest BCUT2D eigenvalue weighted by Crippen LogP contribution is 2.26. The number of likely N-dealkylation sites (N-methyl/N-ethyl adjacent to an activating group) is 1. The molecule has 0 heterocycles. The molecule has 0 saturated carbocycles. The van der Waals surface area contributed by atoms with E-state index in [-0.39, 0.29) is 12.7 Å². The molecular weight excluding hydrogens is 374 g/mol. The molecule has 3 rings (SSSR count). The molecule has 0 bridgehead atoms. The Kier molecular flexibility index (Phi) is 8.03. The Balaban J connectivity index is 1.59. The number of hydrogen-bond acceptors (Lipinski definition) is 4. The van der Waals surface area contributed by atoms with Gasteiger partial charge in [-0.05, 0) is 42.8 Å². The van der Waals surface area contributed by atoms with Gasteiger partial charge in [0, 0.05) is 13.1 Å². The quantitative estimate of drug-likeness (QED) is 0.535. The zero-order valence-electron chi connectivity index (χ0n) is 18.0. The average Bonchev–Trinajstić information content (AvgIpc) is 2.76. The second kappa shape index (κ2) is 10.9. The Morgan fingerprint density at radius 2 is 1.60 bits per heavy atom. The fourth-order valence-corrected chi connectivity index (χ4v) is 3.52. The van der Waals surface area contributed by atoms with Crippen LogP contribution in [0.25, 0.3) is 0 Å². The highest BCUT2D eigenvalue weighted by atomic mass is 16.5. The maximum Gasteiger partial charge on any atom is 0.119 e. The highest BCUT2D eigenvalue weighted by Gasteiger charge is 2.17. The van der Waals surface area contributed by atoms with E-state index in [1.165, 1.54) is 5.56 Å². The molecule has 0 aliphatic rings. The molecule has 0 amide bonds. The Hall–Kier alpha value is -2.66. The average molecular weight is 406 g/mol. The minimum Gasteiger partial charge on any atom is -0.497 e. The predicted molar refractivity (Wildman–Crippen MR) is 121 cm³/mol. The smallest absolute Gasteiger partial charge is 0.119 e. The van der Waals surface area contributed by atoms with Crippen LogP contribution in [0.5, 0.6) is 5.75 Å². The summed E-state index contributed by atoms with van der Waals surface area (Å²) < 4.78 is 11.5. The van der Waals surface area contributed by atoms with E-state index in [0.717, 1.165) is 29.0 Å². The van der Waals surface area contributed by atoms with Gasteiger partial charge in [0.25, 0.3) is 0 Å². The van der Waals surface area contributed by atoms with Gasteiger partial charge in [-0.25, -0.2) is 0 Å². The molecule has 2 atom stereocenters. The van der Waals surface area contributed by atoms with Crippen LogP contribution >= 0.6 is 0 Å². The van der Waals surface area contributed by atoms with Crippen molar-refractivity contribution in [3.63, 3.8) is 0 Å². The fraction of sp³-hybridized carbons (Fsp3) is 0.308. The van der Waals surface area contributed by atoms with E-state index < -0.39 is 6.10 Å². The predicted octanol–water partition coefficient (Wildman–Crippen LogP) is 4.60. The van der Waals surface area contributed by atoms with Gasteiger partial charge in [0.2, 0.25) is 0 Å². The third kappa shape index (κ3) is 6.42. The lowest BCUT2D eigenvalue weighted by atomic mass is 10.0. The van der Waals surface area contributed by atoms with Gasteiger partial charge in [0.15, 0.2) is 0 Å². The van der Waals surface area contributed by atoms with Crippen molar-refractivity contribution in [2.75, 3.05) is 27.3 Å². The van der Waals surface area contributed by atoms with Crippen molar-refractivity contribution in [1.29, 1.82) is 0 Å². The van der Waals surface area contributed by atoms with Crippen LogP contribution in [0.15, 0.2) is 78.9 Å². The van der Waals surface area contributed by atoms with Crippen LogP contribution in [0.4, 0.5) is 0 Å². The van der Waals surface area contributed by atoms with Crippen molar-refractivity contribution in [2.24, 2.45) is 0 Å². The van der Waals surface area contributed by atoms with E-state index in [0.29, 0.717) is 6.54 Å². The molecule has 0 fully saturated rings. The number of rotatable bonds is 10. The van der Waals surface area contributed by atoms with Crippen LogP contribution in [-0.2, 0) is 11.3 Å². The standard InChI is InChI=1S/C26H31NO3/c1-20-12-14-23(15-13-20)26(22-9-5-4-6-10-22)30-19-24(28)18-27(2)17-21-8-7-11-25(16-21)29-3/h4-16,24,26,28H,17-19H2,1-3H3/t24-,26+/m0/s1. The Labute approximate surface area is 179 Å².